The van der Waals surface area contributed by atoms with Crippen molar-refractivity contribution in [2.24, 2.45) is 0 Å². The van der Waals surface area contributed by atoms with Crippen molar-refractivity contribution in [1.82, 2.24) is 19.4 Å². The molecule has 6 rings (SSSR count). The predicted octanol–water partition coefficient (Wildman–Crippen LogP) is 6.26. The van der Waals surface area contributed by atoms with Crippen molar-refractivity contribution in [3.63, 3.8) is 0 Å². The summed E-state index contributed by atoms with van der Waals surface area (Å²) in [6, 6.07) is 16.3. The van der Waals surface area contributed by atoms with Crippen LogP contribution in [0.5, 0.6) is 5.75 Å². The third-order valence-electron chi connectivity index (χ3n) is 6.36. The van der Waals surface area contributed by atoms with Crippen LogP contribution in [0.3, 0.4) is 0 Å². The second-order valence-corrected chi connectivity index (χ2v) is 10.2. The number of benzene rings is 2. The van der Waals surface area contributed by atoms with Crippen molar-refractivity contribution in [2.45, 2.75) is 26.9 Å². The lowest BCUT2D eigenvalue weighted by Gasteiger charge is -2.21. The number of amides is 1. The molecule has 4 heterocycles. The van der Waals surface area contributed by atoms with Gasteiger partial charge in [-0.1, -0.05) is 23.7 Å². The van der Waals surface area contributed by atoms with E-state index in [1.165, 1.54) is 11.3 Å². The first kappa shape index (κ1) is 21.3. The number of thiophene rings is 1. The van der Waals surface area contributed by atoms with Gasteiger partial charge in [0.2, 0.25) is 0 Å². The van der Waals surface area contributed by atoms with Crippen LogP contribution < -0.4 is 4.74 Å². The van der Waals surface area contributed by atoms with E-state index in [1.54, 1.807) is 0 Å². The highest BCUT2D eigenvalue weighted by Gasteiger charge is 2.25. The highest BCUT2D eigenvalue weighted by Crippen LogP contribution is 2.34. The van der Waals surface area contributed by atoms with Crippen molar-refractivity contribution in [3.05, 3.63) is 69.9 Å². The molecule has 172 valence electrons. The number of aromatic nitrogens is 3. The number of imidazole rings is 1. The molecule has 0 aliphatic carbocycles. The minimum Gasteiger partial charge on any atom is -0.491 e. The fourth-order valence-corrected chi connectivity index (χ4v) is 5.93. The molecule has 5 aromatic rings. The molecule has 0 atom stereocenters. The summed E-state index contributed by atoms with van der Waals surface area (Å²) in [6.45, 7) is 6.20. The maximum absolute atomic E-state index is 13.6. The molecule has 6 nitrogen and oxygen atoms in total. The van der Waals surface area contributed by atoms with E-state index in [1.807, 2.05) is 47.6 Å². The Labute approximate surface area is 205 Å². The molecule has 0 bridgehead atoms. The highest BCUT2D eigenvalue weighted by molar-refractivity contribution is 7.22. The quantitative estimate of drug-likeness (QED) is 0.324. The van der Waals surface area contributed by atoms with E-state index in [0.717, 1.165) is 53.9 Å². The Bertz CT molecular complexity index is 1560. The number of H-pyrrole nitrogens is 1. The highest BCUT2D eigenvalue weighted by atomic mass is 35.5. The summed E-state index contributed by atoms with van der Waals surface area (Å²) in [6.07, 6.45) is 0. The van der Waals surface area contributed by atoms with Gasteiger partial charge in [0, 0.05) is 18.7 Å². The maximum Gasteiger partial charge on any atom is 0.270 e. The average molecular weight is 491 g/mol. The third-order valence-corrected chi connectivity index (χ3v) is 7.56. The lowest BCUT2D eigenvalue weighted by Crippen LogP contribution is -2.33. The van der Waals surface area contributed by atoms with Gasteiger partial charge in [-0.2, -0.15) is 0 Å². The monoisotopic (exact) mass is 490 g/mol. The number of hydrogen-bond donors (Lipinski definition) is 1. The number of fused-ring (bicyclic) bond motifs is 3. The van der Waals surface area contributed by atoms with Gasteiger partial charge in [-0.05, 0) is 61.4 Å². The Morgan fingerprint density at radius 2 is 2.00 bits per heavy atom. The Morgan fingerprint density at radius 1 is 1.18 bits per heavy atom. The number of nitrogens with one attached hydrogen (secondary N) is 1. The van der Waals surface area contributed by atoms with Crippen molar-refractivity contribution < 1.29 is 9.53 Å². The van der Waals surface area contributed by atoms with Gasteiger partial charge in [-0.3, -0.25) is 4.79 Å². The Morgan fingerprint density at radius 3 is 2.85 bits per heavy atom. The first-order chi connectivity index (χ1) is 16.5. The molecule has 8 heteroatoms. The SMILES string of the molecule is CCn1c(C(=O)N2CCOc3ccc(-c4ccc5nc(C)[nH]c5c4)cc3C2)cc2sc(Cl)cc21. The van der Waals surface area contributed by atoms with Crippen molar-refractivity contribution in [1.29, 1.82) is 0 Å². The van der Waals surface area contributed by atoms with Gasteiger partial charge in [0.05, 0.1) is 32.1 Å². The summed E-state index contributed by atoms with van der Waals surface area (Å²) >= 11 is 7.70. The standard InChI is InChI=1S/C26H23ClN4O2S/c1-3-31-21-13-25(27)34-24(21)12-22(31)26(32)30-8-9-33-23-7-5-16(10-18(23)14-30)17-4-6-19-20(11-17)29-15(2)28-19/h4-7,10-13H,3,8-9,14H2,1-2H3,(H,28,29). The Kier molecular flexibility index (Phi) is 5.12. The number of nitrogens with zero attached hydrogens (tertiary/aromatic N) is 3. The fraction of sp³-hybridized carbons (Fsp3) is 0.231. The number of ether oxygens (including phenoxy) is 1. The van der Waals surface area contributed by atoms with Crippen LogP contribution in [0, 0.1) is 6.92 Å². The van der Waals surface area contributed by atoms with Gasteiger partial charge in [-0.25, -0.2) is 4.98 Å². The molecule has 34 heavy (non-hydrogen) atoms. The molecule has 0 fully saturated rings. The van der Waals surface area contributed by atoms with Crippen LogP contribution in [0.4, 0.5) is 0 Å². The van der Waals surface area contributed by atoms with Crippen LogP contribution in [-0.2, 0) is 13.1 Å². The van der Waals surface area contributed by atoms with Crippen molar-refractivity contribution >= 4 is 50.1 Å². The van der Waals surface area contributed by atoms with E-state index in [4.69, 9.17) is 16.3 Å². The van der Waals surface area contributed by atoms with E-state index in [-0.39, 0.29) is 5.91 Å². The minimum absolute atomic E-state index is 0.0116. The van der Waals surface area contributed by atoms with E-state index >= 15 is 0 Å². The molecular formula is C26H23ClN4O2S. The van der Waals surface area contributed by atoms with Crippen LogP contribution >= 0.6 is 22.9 Å². The van der Waals surface area contributed by atoms with Crippen LogP contribution in [0.25, 0.3) is 32.4 Å². The number of aryl methyl sites for hydroxylation is 2. The molecule has 0 unspecified atom stereocenters. The summed E-state index contributed by atoms with van der Waals surface area (Å²) in [5, 5.41) is 0. The van der Waals surface area contributed by atoms with E-state index in [9.17, 15) is 4.79 Å². The maximum atomic E-state index is 13.6. The van der Waals surface area contributed by atoms with Crippen LogP contribution in [0.15, 0.2) is 48.5 Å². The number of carbonyl (C=O) groups is 1. The number of rotatable bonds is 3. The van der Waals surface area contributed by atoms with Gasteiger partial charge in [-0.15, -0.1) is 11.3 Å². The van der Waals surface area contributed by atoms with Gasteiger partial charge < -0.3 is 19.2 Å². The molecule has 0 spiro atoms. The topological polar surface area (TPSA) is 63.1 Å². The summed E-state index contributed by atoms with van der Waals surface area (Å²) in [5.41, 5.74) is 6.86. The molecule has 1 amide bonds. The van der Waals surface area contributed by atoms with E-state index in [0.29, 0.717) is 31.9 Å². The average Bonchev–Trinajstić information content (AvgIpc) is 3.42. The lowest BCUT2D eigenvalue weighted by atomic mass is 10.0. The second kappa shape index (κ2) is 8.18. The van der Waals surface area contributed by atoms with Crippen molar-refractivity contribution in [2.75, 3.05) is 13.2 Å². The van der Waals surface area contributed by atoms with Gasteiger partial charge in [0.1, 0.15) is 23.9 Å². The zero-order chi connectivity index (χ0) is 23.4. The van der Waals surface area contributed by atoms with Crippen LogP contribution in [-0.4, -0.2) is 38.5 Å². The fourth-order valence-electron chi connectivity index (χ4n) is 4.76. The molecule has 0 saturated heterocycles. The minimum atomic E-state index is 0.0116. The number of halogens is 1. The van der Waals surface area contributed by atoms with Gasteiger partial charge >= 0.3 is 0 Å². The van der Waals surface area contributed by atoms with E-state index < -0.39 is 0 Å². The third kappa shape index (κ3) is 3.56. The van der Waals surface area contributed by atoms with Crippen molar-refractivity contribution in [3.8, 4) is 16.9 Å². The molecule has 3 aromatic heterocycles. The van der Waals surface area contributed by atoms with Gasteiger partial charge in [0.15, 0.2) is 0 Å². The smallest absolute Gasteiger partial charge is 0.270 e. The lowest BCUT2D eigenvalue weighted by molar-refractivity contribution is 0.0723. The first-order valence-corrected chi connectivity index (χ1v) is 12.5. The molecule has 0 radical (unpaired) electrons. The zero-order valence-corrected chi connectivity index (χ0v) is 20.5. The molecule has 0 saturated carbocycles. The molecule has 2 aromatic carbocycles. The molecule has 1 N–H and O–H groups in total. The predicted molar refractivity (Wildman–Crippen MR) is 137 cm³/mol. The van der Waals surface area contributed by atoms with Crippen LogP contribution in [0.1, 0.15) is 28.8 Å². The number of aromatic amines is 1. The molecular weight excluding hydrogens is 468 g/mol. The summed E-state index contributed by atoms with van der Waals surface area (Å²) in [5.74, 6) is 1.74. The Hall–Kier alpha value is -3.29. The summed E-state index contributed by atoms with van der Waals surface area (Å²) in [4.78, 5) is 23.3. The van der Waals surface area contributed by atoms with E-state index in [2.05, 4.69) is 34.2 Å². The Balaban J connectivity index is 1.34. The zero-order valence-electron chi connectivity index (χ0n) is 18.9. The number of carbonyl (C=O) groups excluding carboxylic acids is 1. The summed E-state index contributed by atoms with van der Waals surface area (Å²) in [7, 11) is 0. The van der Waals surface area contributed by atoms with Gasteiger partial charge in [0.25, 0.3) is 5.91 Å². The second-order valence-electron chi connectivity index (χ2n) is 8.53. The first-order valence-electron chi connectivity index (χ1n) is 11.3. The largest absolute Gasteiger partial charge is 0.491 e. The summed E-state index contributed by atoms with van der Waals surface area (Å²) < 4.78 is 9.83. The molecule has 1 aliphatic heterocycles. The van der Waals surface area contributed by atoms with Crippen LogP contribution in [0.2, 0.25) is 4.34 Å². The normalized spacial score (nSPS) is 13.8. The number of hydrogen-bond acceptors (Lipinski definition) is 4. The molecule has 1 aliphatic rings.